The molecule has 48 heavy (non-hydrogen) atoms. The average Bonchev–Trinajstić information content (AvgIpc) is 3.64. The number of para-hydroxylation sites is 2. The molecule has 15 heteroatoms. The predicted molar refractivity (Wildman–Crippen MR) is 180 cm³/mol. The van der Waals surface area contributed by atoms with Gasteiger partial charge in [0.15, 0.2) is 16.5 Å². The van der Waals surface area contributed by atoms with E-state index in [1.807, 2.05) is 28.8 Å². The largest absolute Gasteiger partial charge is 0.480 e. The molecule has 0 amide bonds. The molecule has 6 rings (SSSR count). The van der Waals surface area contributed by atoms with E-state index in [9.17, 15) is 13.7 Å². The van der Waals surface area contributed by atoms with Gasteiger partial charge in [-0.25, -0.2) is 32.2 Å². The van der Waals surface area contributed by atoms with E-state index >= 15 is 8.78 Å². The van der Waals surface area contributed by atoms with Crippen LogP contribution in [0.4, 0.5) is 14.5 Å². The first-order chi connectivity index (χ1) is 22.9. The first-order valence-electron chi connectivity index (χ1n) is 14.9. The fourth-order valence-electron chi connectivity index (χ4n) is 5.18. The van der Waals surface area contributed by atoms with E-state index in [2.05, 4.69) is 34.3 Å². The molecule has 0 fully saturated rings. The van der Waals surface area contributed by atoms with Gasteiger partial charge in [0.05, 0.1) is 40.5 Å². The quantitative estimate of drug-likeness (QED) is 0.118. The Balaban J connectivity index is 1.35. The number of nitriles is 1. The number of aromatic nitrogens is 5. The van der Waals surface area contributed by atoms with Crippen LogP contribution < -0.4 is 9.46 Å². The maximum atomic E-state index is 15.9. The number of nitrogens with zero attached hydrogens (tertiary/aromatic N) is 6. The Morgan fingerprint density at radius 3 is 2.58 bits per heavy atom. The normalized spacial score (nSPS) is 12.0. The lowest BCUT2D eigenvalue weighted by molar-refractivity contribution is 0.0909. The molecule has 1 N–H and O–H groups in total. The highest BCUT2D eigenvalue weighted by Crippen LogP contribution is 2.35. The summed E-state index contributed by atoms with van der Waals surface area (Å²) < 4.78 is 74.5. The second kappa shape index (κ2) is 12.8. The van der Waals surface area contributed by atoms with Gasteiger partial charge in [-0.2, -0.15) is 5.26 Å². The van der Waals surface area contributed by atoms with Crippen LogP contribution in [-0.2, 0) is 21.5 Å². The van der Waals surface area contributed by atoms with Crippen molar-refractivity contribution < 1.29 is 26.7 Å². The van der Waals surface area contributed by atoms with Gasteiger partial charge in [0.25, 0.3) is 10.0 Å². The van der Waals surface area contributed by atoms with Crippen molar-refractivity contribution in [2.24, 2.45) is 0 Å². The summed E-state index contributed by atoms with van der Waals surface area (Å²) in [6.07, 6.45) is 4.17. The number of fused-ring (bicyclic) bond motifs is 2. The number of hydrogen-bond acceptors (Lipinski definition) is 8. The predicted octanol–water partition coefficient (Wildman–Crippen LogP) is 6.68. The van der Waals surface area contributed by atoms with Crippen molar-refractivity contribution in [1.82, 2.24) is 23.9 Å². The van der Waals surface area contributed by atoms with Gasteiger partial charge in [-0.3, -0.25) is 9.29 Å². The van der Waals surface area contributed by atoms with Gasteiger partial charge >= 0.3 is 0 Å². The zero-order valence-corrected chi connectivity index (χ0v) is 28.3. The van der Waals surface area contributed by atoms with Crippen LogP contribution in [0.5, 0.6) is 5.88 Å². The number of nitrogens with one attached hydrogen (secondary N) is 1. The Morgan fingerprint density at radius 2 is 1.83 bits per heavy atom. The molecule has 0 bridgehead atoms. The number of pyridine rings is 2. The Kier molecular flexibility index (Phi) is 8.73. The third-order valence-corrected chi connectivity index (χ3v) is 10.7. The summed E-state index contributed by atoms with van der Waals surface area (Å²) in [6, 6.07) is 16.7. The van der Waals surface area contributed by atoms with Crippen molar-refractivity contribution in [3.63, 3.8) is 0 Å². The zero-order chi connectivity index (χ0) is 34.2. The number of anilines is 1. The monoisotopic (exact) mass is 687 g/mol. The Morgan fingerprint density at radius 1 is 1.04 bits per heavy atom. The highest BCUT2D eigenvalue weighted by molar-refractivity contribution is 7.92. The van der Waals surface area contributed by atoms with Gasteiger partial charge in [-0.1, -0.05) is 37.8 Å². The third kappa shape index (κ3) is 6.37. The fraction of sp³-hybridized carbons (Fsp3) is 0.212. The van der Waals surface area contributed by atoms with Gasteiger partial charge in [-0.15, -0.1) is 0 Å². The molecule has 4 aromatic heterocycles. The topological polar surface area (TPSA) is 136 Å². The smallest absolute Gasteiger partial charge is 0.267 e. The number of ether oxygens (including phenoxy) is 2. The van der Waals surface area contributed by atoms with E-state index in [1.165, 1.54) is 25.7 Å². The van der Waals surface area contributed by atoms with Crippen molar-refractivity contribution in [2.45, 2.75) is 37.3 Å². The number of halogens is 2. The average molecular weight is 688 g/mol. The van der Waals surface area contributed by atoms with Crippen molar-refractivity contribution in [3.8, 4) is 34.6 Å². The maximum Gasteiger partial charge on any atom is 0.267 e. The molecule has 4 heterocycles. The van der Waals surface area contributed by atoms with Crippen LogP contribution in [0.25, 0.3) is 39.2 Å². The van der Waals surface area contributed by atoms with Crippen LogP contribution in [-0.4, -0.2) is 54.1 Å². The minimum atomic E-state index is -4.50. The molecule has 0 unspecified atom stereocenters. The van der Waals surface area contributed by atoms with E-state index in [0.29, 0.717) is 23.6 Å². The second-order valence-electron chi connectivity index (χ2n) is 12.2. The van der Waals surface area contributed by atoms with Crippen molar-refractivity contribution >= 4 is 40.3 Å². The van der Waals surface area contributed by atoms with Crippen LogP contribution >= 0.6 is 0 Å². The second-order valence-corrected chi connectivity index (χ2v) is 19.5. The molecule has 246 valence electrons. The van der Waals surface area contributed by atoms with E-state index < -0.39 is 45.9 Å². The molecule has 0 aliphatic heterocycles. The highest BCUT2D eigenvalue weighted by atomic mass is 32.2. The number of hydrogen-bond donors (Lipinski definition) is 1. The molecule has 0 radical (unpaired) electrons. The van der Waals surface area contributed by atoms with Crippen LogP contribution in [0.15, 0.2) is 78.2 Å². The van der Waals surface area contributed by atoms with E-state index in [4.69, 9.17) is 14.5 Å². The number of benzene rings is 2. The Hall–Kier alpha value is -5.17. The molecule has 6 aromatic rings. The lowest BCUT2D eigenvalue weighted by atomic mass is 10.0. The van der Waals surface area contributed by atoms with Crippen LogP contribution in [0, 0.1) is 23.0 Å². The van der Waals surface area contributed by atoms with Crippen LogP contribution in [0.1, 0.15) is 5.56 Å². The first-order valence-corrected chi connectivity index (χ1v) is 20.0. The van der Waals surface area contributed by atoms with Gasteiger partial charge in [0, 0.05) is 32.6 Å². The van der Waals surface area contributed by atoms with Crippen LogP contribution in [0.3, 0.4) is 0 Å². The van der Waals surface area contributed by atoms with E-state index in [0.717, 1.165) is 41.5 Å². The SMILES string of the molecule is COc1ncc(C#N)cc1S(=O)(=O)Nc1ccc(F)c(-c2ccc3c(-c4nc5ccccc5n4COCC[Si](C)(C)C)ncn3c2)c1F. The summed E-state index contributed by atoms with van der Waals surface area (Å²) >= 11 is 0. The van der Waals surface area contributed by atoms with Gasteiger partial charge in [0.1, 0.15) is 30.6 Å². The van der Waals surface area contributed by atoms with Crippen molar-refractivity contribution in [2.75, 3.05) is 18.4 Å². The fourth-order valence-corrected chi connectivity index (χ4v) is 7.14. The molecule has 0 saturated carbocycles. The minimum absolute atomic E-state index is 0.0467. The van der Waals surface area contributed by atoms with Gasteiger partial charge < -0.3 is 13.9 Å². The lowest BCUT2D eigenvalue weighted by Gasteiger charge is -2.16. The van der Waals surface area contributed by atoms with Crippen molar-refractivity contribution in [1.29, 1.82) is 5.26 Å². The summed E-state index contributed by atoms with van der Waals surface area (Å²) in [7, 11) is -4.58. The Bertz CT molecular complexity index is 2330. The van der Waals surface area contributed by atoms with E-state index in [-0.39, 0.29) is 23.7 Å². The number of methoxy groups -OCH3 is 1. The van der Waals surface area contributed by atoms with Gasteiger partial charge in [0.2, 0.25) is 5.88 Å². The highest BCUT2D eigenvalue weighted by Gasteiger charge is 2.26. The molecular formula is C33H31F2N7O4SSi. The molecule has 0 aliphatic rings. The molecular weight excluding hydrogens is 657 g/mol. The first kappa shape index (κ1) is 32.8. The number of rotatable bonds is 11. The minimum Gasteiger partial charge on any atom is -0.480 e. The Labute approximate surface area is 276 Å². The molecule has 11 nitrogen and oxygen atoms in total. The van der Waals surface area contributed by atoms with Crippen molar-refractivity contribution in [3.05, 3.63) is 90.5 Å². The summed E-state index contributed by atoms with van der Waals surface area (Å²) in [5.74, 6) is -1.76. The van der Waals surface area contributed by atoms with Gasteiger partial charge in [-0.05, 0) is 42.4 Å². The van der Waals surface area contributed by atoms with Crippen LogP contribution in [0.2, 0.25) is 25.7 Å². The number of sulfonamides is 1. The summed E-state index contributed by atoms with van der Waals surface area (Å²) in [5, 5.41) is 9.21. The maximum absolute atomic E-state index is 15.9. The summed E-state index contributed by atoms with van der Waals surface area (Å²) in [6.45, 7) is 7.77. The molecule has 0 spiro atoms. The molecule has 2 aromatic carbocycles. The zero-order valence-electron chi connectivity index (χ0n) is 26.5. The molecule has 0 saturated heterocycles. The third-order valence-electron chi connectivity index (χ3n) is 7.67. The summed E-state index contributed by atoms with van der Waals surface area (Å²) in [4.78, 5) is 12.8. The standard InChI is InChI=1S/C33H31F2N7O4SSi/c1-45-33-28(15-21(16-36)17-37-33)47(43,44)40-25-11-10-23(34)29(30(25)35)22-9-12-27-31(38-19-41(27)18-22)32-39-24-7-5-6-8-26(24)42(32)20-46-13-14-48(2,3)4/h5-12,15,17-19,40H,13-14,20H2,1-4H3. The summed E-state index contributed by atoms with van der Waals surface area (Å²) in [5.41, 5.74) is 1.97. The number of imidazole rings is 2. The lowest BCUT2D eigenvalue weighted by Crippen LogP contribution is -2.22. The molecule has 0 aliphatic carbocycles. The van der Waals surface area contributed by atoms with E-state index in [1.54, 1.807) is 16.5 Å². The molecule has 0 atom stereocenters.